The minimum Gasteiger partial charge on any atom is -0.495 e. The lowest BCUT2D eigenvalue weighted by molar-refractivity contribution is -0.120. The van der Waals surface area contributed by atoms with Crippen LogP contribution in [0.15, 0.2) is 65.1 Å². The van der Waals surface area contributed by atoms with Gasteiger partial charge in [-0.3, -0.25) is 9.36 Å². The Bertz CT molecular complexity index is 1310. The Morgan fingerprint density at radius 1 is 1.18 bits per heavy atom. The van der Waals surface area contributed by atoms with Crippen LogP contribution in [0.25, 0.3) is 16.4 Å². The normalized spacial score (nSPS) is 13.0. The first-order chi connectivity index (χ1) is 16.6. The number of carbonyl (C=O) groups excluding carboxylic acids is 1. The number of nitrogens with one attached hydrogen (secondary N) is 1. The van der Waals surface area contributed by atoms with Crippen molar-refractivity contribution in [1.82, 2.24) is 20.1 Å². The number of methoxy groups -OCH3 is 1. The summed E-state index contributed by atoms with van der Waals surface area (Å²) in [5.41, 5.74) is 1.75. The number of nitrogens with zero attached hydrogens (tertiary/aromatic N) is 3. The highest BCUT2D eigenvalue weighted by atomic mass is 32.2. The molecule has 174 valence electrons. The average molecular weight is 495 g/mol. The predicted molar refractivity (Wildman–Crippen MR) is 131 cm³/mol. The van der Waals surface area contributed by atoms with Crippen LogP contribution in [0.1, 0.15) is 12.5 Å². The van der Waals surface area contributed by atoms with E-state index in [-0.39, 0.29) is 12.7 Å². The second-order valence-electron chi connectivity index (χ2n) is 7.46. The van der Waals surface area contributed by atoms with E-state index in [2.05, 4.69) is 15.5 Å². The van der Waals surface area contributed by atoms with Gasteiger partial charge in [0, 0.05) is 6.54 Å². The molecule has 1 unspecified atom stereocenters. The molecule has 1 N–H and O–H groups in total. The Morgan fingerprint density at radius 2 is 2.03 bits per heavy atom. The van der Waals surface area contributed by atoms with Crippen LogP contribution < -0.4 is 19.5 Å². The fourth-order valence-electron chi connectivity index (χ4n) is 3.54. The third-order valence-electron chi connectivity index (χ3n) is 5.26. The number of rotatable bonds is 8. The Labute approximate surface area is 204 Å². The van der Waals surface area contributed by atoms with Gasteiger partial charge in [0.05, 0.1) is 22.9 Å². The van der Waals surface area contributed by atoms with Crippen LogP contribution in [0.3, 0.4) is 0 Å². The highest BCUT2D eigenvalue weighted by molar-refractivity contribution is 8.00. The van der Waals surface area contributed by atoms with Gasteiger partial charge in [0.15, 0.2) is 22.5 Å². The molecule has 0 fully saturated rings. The summed E-state index contributed by atoms with van der Waals surface area (Å²) in [5.74, 6) is 2.71. The Balaban J connectivity index is 1.36. The number of para-hydroxylation sites is 2. The molecule has 5 rings (SSSR count). The maximum atomic E-state index is 12.9. The molecule has 4 aromatic rings. The molecule has 0 bridgehead atoms. The minimum atomic E-state index is -0.400. The van der Waals surface area contributed by atoms with E-state index in [1.165, 1.54) is 11.8 Å². The first kappa shape index (κ1) is 22.3. The van der Waals surface area contributed by atoms with Gasteiger partial charge in [0.1, 0.15) is 5.75 Å². The van der Waals surface area contributed by atoms with E-state index in [0.717, 1.165) is 21.9 Å². The molecule has 10 heteroatoms. The van der Waals surface area contributed by atoms with Crippen molar-refractivity contribution in [2.45, 2.75) is 23.9 Å². The van der Waals surface area contributed by atoms with E-state index < -0.39 is 5.25 Å². The minimum absolute atomic E-state index is 0.102. The molecule has 0 saturated carbocycles. The predicted octanol–water partition coefficient (Wildman–Crippen LogP) is 4.53. The number of amides is 1. The van der Waals surface area contributed by atoms with Gasteiger partial charge in [-0.25, -0.2) is 0 Å². The molecule has 1 atom stereocenters. The molecule has 34 heavy (non-hydrogen) atoms. The summed E-state index contributed by atoms with van der Waals surface area (Å²) >= 11 is 2.93. The molecule has 0 radical (unpaired) electrons. The van der Waals surface area contributed by atoms with Gasteiger partial charge in [-0.2, -0.15) is 0 Å². The lowest BCUT2D eigenvalue weighted by Gasteiger charge is -2.15. The zero-order chi connectivity index (χ0) is 23.5. The van der Waals surface area contributed by atoms with E-state index in [1.54, 1.807) is 18.4 Å². The summed E-state index contributed by atoms with van der Waals surface area (Å²) in [4.78, 5) is 13.9. The summed E-state index contributed by atoms with van der Waals surface area (Å²) in [5, 5.41) is 14.1. The largest absolute Gasteiger partial charge is 0.495 e. The zero-order valence-corrected chi connectivity index (χ0v) is 20.2. The van der Waals surface area contributed by atoms with Crippen LogP contribution in [0.5, 0.6) is 17.2 Å². The third-order valence-corrected chi connectivity index (χ3v) is 7.16. The third kappa shape index (κ3) is 4.46. The molecule has 8 nitrogen and oxygen atoms in total. The van der Waals surface area contributed by atoms with Crippen molar-refractivity contribution in [2.75, 3.05) is 13.9 Å². The Hall–Kier alpha value is -3.50. The second kappa shape index (κ2) is 9.78. The zero-order valence-electron chi connectivity index (χ0n) is 18.6. The second-order valence-corrected chi connectivity index (χ2v) is 9.71. The van der Waals surface area contributed by atoms with Crippen LogP contribution in [0.2, 0.25) is 0 Å². The number of ether oxygens (including phenoxy) is 3. The Kier molecular flexibility index (Phi) is 6.41. The monoisotopic (exact) mass is 494 g/mol. The van der Waals surface area contributed by atoms with Gasteiger partial charge in [0.2, 0.25) is 12.7 Å². The van der Waals surface area contributed by atoms with Crippen molar-refractivity contribution < 1.29 is 19.0 Å². The highest BCUT2D eigenvalue weighted by Gasteiger charge is 2.24. The smallest absolute Gasteiger partial charge is 0.233 e. The van der Waals surface area contributed by atoms with Gasteiger partial charge in [-0.05, 0) is 48.2 Å². The van der Waals surface area contributed by atoms with Crippen molar-refractivity contribution in [3.05, 3.63) is 65.5 Å². The fourth-order valence-corrected chi connectivity index (χ4v) is 5.12. The number of thiophene rings is 1. The van der Waals surface area contributed by atoms with Crippen LogP contribution in [-0.2, 0) is 11.3 Å². The van der Waals surface area contributed by atoms with Crippen LogP contribution in [-0.4, -0.2) is 39.8 Å². The summed E-state index contributed by atoms with van der Waals surface area (Å²) in [6.45, 7) is 2.46. The number of hydrogen-bond donors (Lipinski definition) is 1. The highest BCUT2D eigenvalue weighted by Crippen LogP contribution is 2.35. The standard InChI is InChI=1S/C24H22N4O4S2/c1-15(23(29)25-13-16-9-10-19-20(12-16)32-14-31-19)34-24-27-26-22(21-8-5-11-33-21)28(24)17-6-3-4-7-18(17)30-2/h3-12,15H,13-14H2,1-2H3,(H,25,29). The van der Waals surface area contributed by atoms with E-state index in [1.807, 2.05) is 71.5 Å². The van der Waals surface area contributed by atoms with Gasteiger partial charge in [-0.1, -0.05) is 36.0 Å². The van der Waals surface area contributed by atoms with Gasteiger partial charge < -0.3 is 19.5 Å². The number of benzene rings is 2. The van der Waals surface area contributed by atoms with Crippen molar-refractivity contribution in [2.24, 2.45) is 0 Å². The average Bonchev–Trinajstić information content (AvgIpc) is 3.62. The number of fused-ring (bicyclic) bond motifs is 1. The number of aromatic nitrogens is 3. The fraction of sp³-hybridized carbons (Fsp3) is 0.208. The number of hydrogen-bond acceptors (Lipinski definition) is 8. The molecule has 0 aliphatic carbocycles. The van der Waals surface area contributed by atoms with Crippen LogP contribution >= 0.6 is 23.1 Å². The molecule has 2 aromatic carbocycles. The lowest BCUT2D eigenvalue weighted by Crippen LogP contribution is -2.30. The van der Waals surface area contributed by atoms with Crippen LogP contribution in [0.4, 0.5) is 0 Å². The van der Waals surface area contributed by atoms with Crippen molar-refractivity contribution in [3.63, 3.8) is 0 Å². The van der Waals surface area contributed by atoms with Crippen molar-refractivity contribution in [3.8, 4) is 33.6 Å². The molecule has 1 aliphatic heterocycles. The molecule has 3 heterocycles. The van der Waals surface area contributed by atoms with E-state index in [9.17, 15) is 4.79 Å². The molecular formula is C24H22N4O4S2. The maximum absolute atomic E-state index is 12.9. The molecule has 0 saturated heterocycles. The van der Waals surface area contributed by atoms with Gasteiger partial charge >= 0.3 is 0 Å². The summed E-state index contributed by atoms with van der Waals surface area (Å²) < 4.78 is 18.3. The van der Waals surface area contributed by atoms with Crippen molar-refractivity contribution in [1.29, 1.82) is 0 Å². The summed E-state index contributed by atoms with van der Waals surface area (Å²) in [6, 6.07) is 17.3. The summed E-state index contributed by atoms with van der Waals surface area (Å²) in [6.07, 6.45) is 0. The van der Waals surface area contributed by atoms with E-state index in [0.29, 0.717) is 29.0 Å². The van der Waals surface area contributed by atoms with Gasteiger partial charge in [-0.15, -0.1) is 21.5 Å². The molecule has 0 spiro atoms. The van der Waals surface area contributed by atoms with Crippen molar-refractivity contribution >= 4 is 29.0 Å². The molecule has 2 aromatic heterocycles. The topological polar surface area (TPSA) is 87.5 Å². The van der Waals surface area contributed by atoms with Crippen LogP contribution in [0, 0.1) is 0 Å². The molecule has 1 aliphatic rings. The molecular weight excluding hydrogens is 472 g/mol. The number of thioether (sulfide) groups is 1. The molecule has 1 amide bonds. The van der Waals surface area contributed by atoms with E-state index >= 15 is 0 Å². The SMILES string of the molecule is COc1ccccc1-n1c(SC(C)C(=O)NCc2ccc3c(c2)OCO3)nnc1-c1cccs1. The quantitative estimate of drug-likeness (QED) is 0.360. The van der Waals surface area contributed by atoms with E-state index in [4.69, 9.17) is 14.2 Å². The first-order valence-corrected chi connectivity index (χ1v) is 12.4. The Morgan fingerprint density at radius 3 is 2.85 bits per heavy atom. The summed E-state index contributed by atoms with van der Waals surface area (Å²) in [7, 11) is 1.63. The number of carbonyl (C=O) groups is 1. The maximum Gasteiger partial charge on any atom is 0.233 e. The lowest BCUT2D eigenvalue weighted by atomic mass is 10.2. The first-order valence-electron chi connectivity index (χ1n) is 10.6. The van der Waals surface area contributed by atoms with Gasteiger partial charge in [0.25, 0.3) is 0 Å².